The van der Waals surface area contributed by atoms with Gasteiger partial charge in [-0.3, -0.25) is 0 Å². The van der Waals surface area contributed by atoms with Crippen LogP contribution in [0.25, 0.3) is 0 Å². The van der Waals surface area contributed by atoms with Crippen molar-refractivity contribution < 1.29 is 8.78 Å². The third kappa shape index (κ3) is 2.54. The molecule has 0 spiro atoms. The van der Waals surface area contributed by atoms with E-state index < -0.39 is 11.6 Å². The molecule has 0 radical (unpaired) electrons. The van der Waals surface area contributed by atoms with Crippen LogP contribution in [0.1, 0.15) is 25.3 Å². The summed E-state index contributed by atoms with van der Waals surface area (Å²) in [4.78, 5) is 1.69. The number of hydrogen-bond acceptors (Lipinski definition) is 1. The lowest BCUT2D eigenvalue weighted by Gasteiger charge is -2.28. The van der Waals surface area contributed by atoms with Gasteiger partial charge in [0.05, 0.1) is 0 Å². The Labute approximate surface area is 105 Å². The normalized spacial score (nSPS) is 17.0. The van der Waals surface area contributed by atoms with Gasteiger partial charge in [-0.15, -0.1) is 11.6 Å². The number of hydrogen-bond donors (Lipinski definition) is 0. The number of alkyl halides is 1. The van der Waals surface area contributed by atoms with Crippen LogP contribution in [0.15, 0.2) is 12.1 Å². The van der Waals surface area contributed by atoms with Gasteiger partial charge in [-0.25, -0.2) is 8.78 Å². The minimum Gasteiger partial charge on any atom is -0.367 e. The lowest BCUT2D eigenvalue weighted by atomic mass is 10.1. The van der Waals surface area contributed by atoms with Crippen LogP contribution >= 0.6 is 11.6 Å². The van der Waals surface area contributed by atoms with Crippen LogP contribution in [-0.4, -0.2) is 13.1 Å². The van der Waals surface area contributed by atoms with Gasteiger partial charge >= 0.3 is 0 Å². The zero-order valence-corrected chi connectivity index (χ0v) is 10.8. The third-order valence-corrected chi connectivity index (χ3v) is 3.81. The largest absolute Gasteiger partial charge is 0.367 e. The second-order valence-corrected chi connectivity index (χ2v) is 5.00. The fourth-order valence-electron chi connectivity index (χ4n) is 2.13. The van der Waals surface area contributed by atoms with Gasteiger partial charge in [0, 0.05) is 19.0 Å². The first kappa shape index (κ1) is 12.6. The summed E-state index contributed by atoms with van der Waals surface area (Å²) in [5.41, 5.74) is 0.524. The highest BCUT2D eigenvalue weighted by atomic mass is 35.5. The van der Waals surface area contributed by atoms with E-state index in [0.717, 1.165) is 12.8 Å². The Morgan fingerprint density at radius 2 is 1.88 bits per heavy atom. The molecular weight excluding hydrogens is 244 g/mol. The molecule has 1 atom stereocenters. The van der Waals surface area contributed by atoms with Crippen LogP contribution in [0, 0.1) is 17.6 Å². The molecule has 0 saturated heterocycles. The molecule has 1 saturated carbocycles. The molecule has 0 aliphatic heterocycles. The van der Waals surface area contributed by atoms with Crippen molar-refractivity contribution in [3.05, 3.63) is 29.3 Å². The highest BCUT2D eigenvalue weighted by Gasteiger charge is 2.32. The van der Waals surface area contributed by atoms with Crippen molar-refractivity contribution in [3.8, 4) is 0 Å². The molecule has 2 rings (SSSR count). The molecular formula is C13H16ClF2N. The molecule has 0 aromatic heterocycles. The zero-order valence-electron chi connectivity index (χ0n) is 10.0. The second kappa shape index (κ2) is 4.81. The van der Waals surface area contributed by atoms with Gasteiger partial charge in [0.2, 0.25) is 0 Å². The summed E-state index contributed by atoms with van der Waals surface area (Å²) in [7, 11) is 1.74. The molecule has 94 valence electrons. The fraction of sp³-hybridized carbons (Fsp3) is 0.538. The van der Waals surface area contributed by atoms with E-state index in [1.165, 1.54) is 12.1 Å². The van der Waals surface area contributed by atoms with Crippen LogP contribution in [0.3, 0.4) is 0 Å². The molecule has 0 bridgehead atoms. The van der Waals surface area contributed by atoms with Crippen molar-refractivity contribution in [1.29, 1.82) is 0 Å². The van der Waals surface area contributed by atoms with Gasteiger partial charge in [-0.05, 0) is 43.4 Å². The van der Waals surface area contributed by atoms with Gasteiger partial charge in [0.25, 0.3) is 0 Å². The van der Waals surface area contributed by atoms with E-state index in [0.29, 0.717) is 11.5 Å². The first-order valence-electron chi connectivity index (χ1n) is 5.81. The van der Waals surface area contributed by atoms with Gasteiger partial charge in [-0.2, -0.15) is 0 Å². The maximum atomic E-state index is 13.9. The molecule has 1 nitrogen and oxygen atoms in total. The molecule has 0 heterocycles. The number of anilines is 1. The minimum absolute atomic E-state index is 0.0540. The standard InChI is InChI=1S/C13H16ClF2N/c1-8(10-3-4-10)17(2)13-11(15)5-9(7-14)6-12(13)16/h5-6,8,10H,3-4,7H2,1-2H3. The Morgan fingerprint density at radius 3 is 2.29 bits per heavy atom. The number of benzene rings is 1. The molecule has 1 aromatic carbocycles. The van der Waals surface area contributed by atoms with Crippen LogP contribution in [0.4, 0.5) is 14.5 Å². The summed E-state index contributed by atoms with van der Waals surface area (Å²) in [6.45, 7) is 2.01. The Hall–Kier alpha value is -0.830. The molecule has 0 N–H and O–H groups in total. The van der Waals surface area contributed by atoms with Crippen molar-refractivity contribution in [2.75, 3.05) is 11.9 Å². The maximum absolute atomic E-state index is 13.9. The Morgan fingerprint density at radius 1 is 1.35 bits per heavy atom. The van der Waals surface area contributed by atoms with E-state index in [9.17, 15) is 8.78 Å². The Balaban J connectivity index is 2.30. The average molecular weight is 260 g/mol. The second-order valence-electron chi connectivity index (χ2n) is 4.73. The Kier molecular flexibility index (Phi) is 3.57. The summed E-state index contributed by atoms with van der Waals surface area (Å²) >= 11 is 5.58. The molecule has 4 heteroatoms. The lowest BCUT2D eigenvalue weighted by Crippen LogP contribution is -2.32. The van der Waals surface area contributed by atoms with E-state index >= 15 is 0 Å². The average Bonchev–Trinajstić information content (AvgIpc) is 3.10. The Bertz CT molecular complexity index is 395. The highest BCUT2D eigenvalue weighted by Crippen LogP contribution is 2.37. The smallest absolute Gasteiger partial charge is 0.149 e. The van der Waals surface area contributed by atoms with Crippen molar-refractivity contribution in [1.82, 2.24) is 0 Å². The van der Waals surface area contributed by atoms with Crippen LogP contribution in [0.5, 0.6) is 0 Å². The van der Waals surface area contributed by atoms with Gasteiger partial charge in [-0.1, -0.05) is 0 Å². The van der Waals surface area contributed by atoms with Crippen LogP contribution in [0.2, 0.25) is 0 Å². The van der Waals surface area contributed by atoms with Crippen LogP contribution in [-0.2, 0) is 5.88 Å². The fourth-order valence-corrected chi connectivity index (χ4v) is 2.28. The molecule has 1 aliphatic carbocycles. The summed E-state index contributed by atoms with van der Waals surface area (Å²) in [6.07, 6.45) is 2.29. The molecule has 1 aliphatic rings. The minimum atomic E-state index is -0.532. The topological polar surface area (TPSA) is 3.24 Å². The monoisotopic (exact) mass is 259 g/mol. The molecule has 1 aromatic rings. The lowest BCUT2D eigenvalue weighted by molar-refractivity contribution is 0.541. The highest BCUT2D eigenvalue weighted by molar-refractivity contribution is 6.17. The van der Waals surface area contributed by atoms with Gasteiger partial charge < -0.3 is 4.90 Å². The van der Waals surface area contributed by atoms with Gasteiger partial charge in [0.15, 0.2) is 0 Å². The maximum Gasteiger partial charge on any atom is 0.149 e. The van der Waals surface area contributed by atoms with E-state index in [1.54, 1.807) is 11.9 Å². The number of nitrogens with zero attached hydrogens (tertiary/aromatic N) is 1. The number of rotatable bonds is 4. The van der Waals surface area contributed by atoms with Crippen LogP contribution < -0.4 is 4.90 Å². The zero-order chi connectivity index (χ0) is 12.6. The van der Waals surface area contributed by atoms with E-state index in [-0.39, 0.29) is 17.6 Å². The summed E-state index contributed by atoms with van der Waals surface area (Å²) in [6, 6.07) is 2.78. The molecule has 0 amide bonds. The van der Waals surface area contributed by atoms with Crippen molar-refractivity contribution in [3.63, 3.8) is 0 Å². The summed E-state index contributed by atoms with van der Waals surface area (Å²) < 4.78 is 27.7. The number of halogens is 3. The summed E-state index contributed by atoms with van der Waals surface area (Å²) in [5.74, 6) is -0.381. The quantitative estimate of drug-likeness (QED) is 0.741. The van der Waals surface area contributed by atoms with E-state index in [2.05, 4.69) is 0 Å². The molecule has 1 unspecified atom stereocenters. The van der Waals surface area contributed by atoms with Crippen molar-refractivity contribution in [2.45, 2.75) is 31.7 Å². The third-order valence-electron chi connectivity index (χ3n) is 3.50. The first-order chi connectivity index (χ1) is 8.04. The predicted molar refractivity (Wildman–Crippen MR) is 66.5 cm³/mol. The molecule has 17 heavy (non-hydrogen) atoms. The predicted octanol–water partition coefficient (Wildman–Crippen LogP) is 3.94. The summed E-state index contributed by atoms with van der Waals surface area (Å²) in [5, 5.41) is 0. The van der Waals surface area contributed by atoms with Crippen molar-refractivity contribution in [2.24, 2.45) is 5.92 Å². The van der Waals surface area contributed by atoms with E-state index in [1.807, 2.05) is 6.92 Å². The van der Waals surface area contributed by atoms with Crippen molar-refractivity contribution >= 4 is 17.3 Å². The van der Waals surface area contributed by atoms with E-state index in [4.69, 9.17) is 11.6 Å². The molecule has 1 fully saturated rings. The SMILES string of the molecule is CC(C1CC1)N(C)c1c(F)cc(CCl)cc1F. The van der Waals surface area contributed by atoms with Gasteiger partial charge in [0.1, 0.15) is 17.3 Å². The first-order valence-corrected chi connectivity index (χ1v) is 6.34.